The average Bonchev–Trinajstić information content (AvgIpc) is 3.12. The van der Waals surface area contributed by atoms with E-state index in [0.29, 0.717) is 54.4 Å². The van der Waals surface area contributed by atoms with E-state index in [9.17, 15) is 9.59 Å². The van der Waals surface area contributed by atoms with Crippen LogP contribution in [0.3, 0.4) is 0 Å². The van der Waals surface area contributed by atoms with Gasteiger partial charge in [0.15, 0.2) is 5.52 Å². The summed E-state index contributed by atoms with van der Waals surface area (Å²) in [5, 5.41) is 8.14. The first kappa shape index (κ1) is 19.7. The Kier molecular flexibility index (Phi) is 5.70. The van der Waals surface area contributed by atoms with Gasteiger partial charge in [0.05, 0.1) is 29.5 Å². The van der Waals surface area contributed by atoms with Crippen LogP contribution in [0.25, 0.3) is 11.0 Å². The number of hydrogen-bond acceptors (Lipinski definition) is 6. The van der Waals surface area contributed by atoms with Crippen molar-refractivity contribution in [2.24, 2.45) is 0 Å². The Labute approximate surface area is 175 Å². The minimum absolute atomic E-state index is 0.0235. The predicted molar refractivity (Wildman–Crippen MR) is 109 cm³/mol. The number of fused-ring (bicyclic) bond motifs is 1. The van der Waals surface area contributed by atoms with Gasteiger partial charge in [0.25, 0.3) is 5.56 Å². The standard InChI is InChI=1S/C18H18Cl2N6O3/c19-12-2-1-11(7-13(12)20)8-21-18-23-14-9-22-26(16(14)17(28)24-18)10-15(27)25-3-5-29-6-4-25/h1-2,7,9H,3-6,8,10H2,(H2,21,23,24,28). The fourth-order valence-electron chi connectivity index (χ4n) is 3.09. The van der Waals surface area contributed by atoms with Crippen molar-refractivity contribution in [2.45, 2.75) is 13.1 Å². The van der Waals surface area contributed by atoms with E-state index in [2.05, 4.69) is 20.4 Å². The molecule has 0 aliphatic carbocycles. The zero-order valence-corrected chi connectivity index (χ0v) is 16.8. The third kappa shape index (κ3) is 4.36. The van der Waals surface area contributed by atoms with Crippen molar-refractivity contribution in [2.75, 3.05) is 31.6 Å². The highest BCUT2D eigenvalue weighted by Crippen LogP contribution is 2.22. The summed E-state index contributed by atoms with van der Waals surface area (Å²) in [4.78, 5) is 33.8. The molecule has 29 heavy (non-hydrogen) atoms. The summed E-state index contributed by atoms with van der Waals surface area (Å²) >= 11 is 11.9. The Balaban J connectivity index is 1.50. The highest BCUT2D eigenvalue weighted by atomic mass is 35.5. The van der Waals surface area contributed by atoms with E-state index in [1.807, 2.05) is 6.07 Å². The molecule has 3 heterocycles. The summed E-state index contributed by atoms with van der Waals surface area (Å²) in [6.07, 6.45) is 1.47. The number of nitrogens with zero attached hydrogens (tertiary/aromatic N) is 4. The molecule has 0 spiro atoms. The molecule has 1 saturated heterocycles. The third-order valence-corrected chi connectivity index (χ3v) is 5.33. The van der Waals surface area contributed by atoms with Gasteiger partial charge in [-0.2, -0.15) is 5.10 Å². The minimum atomic E-state index is -0.376. The van der Waals surface area contributed by atoms with Crippen molar-refractivity contribution in [1.29, 1.82) is 0 Å². The fraction of sp³-hybridized carbons (Fsp3) is 0.333. The molecule has 1 aliphatic rings. The smallest absolute Gasteiger partial charge is 0.278 e. The van der Waals surface area contributed by atoms with Crippen LogP contribution in [-0.2, 0) is 22.6 Å². The normalized spacial score (nSPS) is 14.3. The first-order chi connectivity index (χ1) is 14.0. The van der Waals surface area contributed by atoms with E-state index < -0.39 is 0 Å². The minimum Gasteiger partial charge on any atom is -0.378 e. The van der Waals surface area contributed by atoms with E-state index in [4.69, 9.17) is 27.9 Å². The predicted octanol–water partition coefficient (Wildman–Crippen LogP) is 1.90. The van der Waals surface area contributed by atoms with Gasteiger partial charge in [-0.15, -0.1) is 0 Å². The number of morpholine rings is 1. The van der Waals surface area contributed by atoms with Crippen LogP contribution in [0.15, 0.2) is 29.2 Å². The summed E-state index contributed by atoms with van der Waals surface area (Å²) in [5.41, 5.74) is 1.17. The Bertz CT molecular complexity index is 1110. The number of halogens is 2. The lowest BCUT2D eigenvalue weighted by Crippen LogP contribution is -2.42. The first-order valence-corrected chi connectivity index (χ1v) is 9.76. The molecule has 0 atom stereocenters. The van der Waals surface area contributed by atoms with Gasteiger partial charge in [-0.1, -0.05) is 29.3 Å². The lowest BCUT2D eigenvalue weighted by atomic mass is 10.2. The monoisotopic (exact) mass is 436 g/mol. The summed E-state index contributed by atoms with van der Waals surface area (Å²) in [7, 11) is 0. The molecule has 1 fully saturated rings. The number of amides is 1. The quantitative estimate of drug-likeness (QED) is 0.632. The zero-order valence-electron chi connectivity index (χ0n) is 15.3. The molecule has 0 bridgehead atoms. The van der Waals surface area contributed by atoms with Gasteiger partial charge in [-0.3, -0.25) is 14.6 Å². The number of carbonyl (C=O) groups excluding carboxylic acids is 1. The summed E-state index contributed by atoms with van der Waals surface area (Å²) < 4.78 is 6.63. The Morgan fingerprint density at radius 3 is 2.79 bits per heavy atom. The van der Waals surface area contributed by atoms with Gasteiger partial charge in [-0.25, -0.2) is 9.67 Å². The molecule has 152 valence electrons. The molecule has 0 saturated carbocycles. The maximum atomic E-state index is 12.6. The molecule has 1 amide bonds. The summed E-state index contributed by atoms with van der Waals surface area (Å²) in [5.74, 6) is 0.187. The number of aromatic amines is 1. The van der Waals surface area contributed by atoms with E-state index in [1.165, 1.54) is 10.9 Å². The van der Waals surface area contributed by atoms with Crippen LogP contribution in [0, 0.1) is 0 Å². The molecule has 4 rings (SSSR count). The van der Waals surface area contributed by atoms with E-state index in [-0.39, 0.29) is 23.5 Å². The number of aromatic nitrogens is 4. The zero-order chi connectivity index (χ0) is 20.4. The molecule has 0 unspecified atom stereocenters. The maximum absolute atomic E-state index is 12.6. The molecular weight excluding hydrogens is 419 g/mol. The number of rotatable bonds is 5. The van der Waals surface area contributed by atoms with Gasteiger partial charge in [0.2, 0.25) is 11.9 Å². The van der Waals surface area contributed by atoms with Crippen LogP contribution in [0.2, 0.25) is 10.0 Å². The molecular formula is C18H18Cl2N6O3. The number of carbonyl (C=O) groups is 1. The highest BCUT2D eigenvalue weighted by molar-refractivity contribution is 6.42. The summed E-state index contributed by atoms with van der Waals surface area (Å²) in [6.45, 7) is 2.48. The van der Waals surface area contributed by atoms with Gasteiger partial charge in [0, 0.05) is 19.6 Å². The van der Waals surface area contributed by atoms with Crippen LogP contribution in [-0.4, -0.2) is 56.9 Å². The average molecular weight is 437 g/mol. The number of H-pyrrole nitrogens is 1. The second-order valence-corrected chi connectivity index (χ2v) is 7.36. The number of nitrogens with one attached hydrogen (secondary N) is 2. The lowest BCUT2D eigenvalue weighted by molar-refractivity contribution is -0.136. The molecule has 11 heteroatoms. The highest BCUT2D eigenvalue weighted by Gasteiger charge is 2.19. The van der Waals surface area contributed by atoms with Crippen molar-refractivity contribution >= 4 is 46.1 Å². The number of hydrogen-bond donors (Lipinski definition) is 2. The summed E-state index contributed by atoms with van der Waals surface area (Å²) in [6, 6.07) is 5.27. The van der Waals surface area contributed by atoms with E-state index in [1.54, 1.807) is 17.0 Å². The van der Waals surface area contributed by atoms with Crippen molar-refractivity contribution in [3.05, 3.63) is 50.4 Å². The number of ether oxygens (including phenoxy) is 1. The fourth-order valence-corrected chi connectivity index (χ4v) is 3.41. The van der Waals surface area contributed by atoms with Crippen LogP contribution in [0.4, 0.5) is 5.95 Å². The molecule has 1 aliphatic heterocycles. The second kappa shape index (κ2) is 8.40. The molecule has 3 aromatic rings. The van der Waals surface area contributed by atoms with Gasteiger partial charge in [-0.05, 0) is 17.7 Å². The van der Waals surface area contributed by atoms with Crippen molar-refractivity contribution in [3.63, 3.8) is 0 Å². The van der Waals surface area contributed by atoms with E-state index >= 15 is 0 Å². The van der Waals surface area contributed by atoms with Crippen LogP contribution in [0.1, 0.15) is 5.56 Å². The molecule has 1 aromatic carbocycles. The van der Waals surface area contributed by atoms with Crippen LogP contribution in [0.5, 0.6) is 0 Å². The topological polar surface area (TPSA) is 105 Å². The van der Waals surface area contributed by atoms with Crippen LogP contribution < -0.4 is 10.9 Å². The van der Waals surface area contributed by atoms with Crippen molar-refractivity contribution in [1.82, 2.24) is 24.6 Å². The largest absolute Gasteiger partial charge is 0.378 e. The first-order valence-electron chi connectivity index (χ1n) is 9.00. The maximum Gasteiger partial charge on any atom is 0.278 e. The Morgan fingerprint density at radius 2 is 2.03 bits per heavy atom. The third-order valence-electron chi connectivity index (χ3n) is 4.59. The van der Waals surface area contributed by atoms with Crippen molar-refractivity contribution in [3.8, 4) is 0 Å². The Morgan fingerprint density at radius 1 is 1.24 bits per heavy atom. The van der Waals surface area contributed by atoms with Gasteiger partial charge in [0.1, 0.15) is 12.1 Å². The van der Waals surface area contributed by atoms with Crippen molar-refractivity contribution < 1.29 is 9.53 Å². The van der Waals surface area contributed by atoms with E-state index in [0.717, 1.165) is 5.56 Å². The SMILES string of the molecule is O=C(Cn1ncc2nc(NCc3ccc(Cl)c(Cl)c3)[nH]c(=O)c21)N1CCOCC1. The molecule has 9 nitrogen and oxygen atoms in total. The Hall–Kier alpha value is -2.62. The molecule has 2 N–H and O–H groups in total. The van der Waals surface area contributed by atoms with Gasteiger partial charge < -0.3 is 15.0 Å². The number of benzene rings is 1. The second-order valence-electron chi connectivity index (χ2n) is 6.55. The van der Waals surface area contributed by atoms with Gasteiger partial charge >= 0.3 is 0 Å². The molecule has 2 aromatic heterocycles. The van der Waals surface area contributed by atoms with Crippen LogP contribution >= 0.6 is 23.2 Å². The lowest BCUT2D eigenvalue weighted by Gasteiger charge is -2.26. The number of anilines is 1. The molecule has 0 radical (unpaired) electrons.